The van der Waals surface area contributed by atoms with E-state index in [-0.39, 0.29) is 0 Å². The van der Waals surface area contributed by atoms with E-state index >= 15 is 0 Å². The number of ketones is 1. The van der Waals surface area contributed by atoms with E-state index in [9.17, 15) is 22.8 Å². The lowest BCUT2D eigenvalue weighted by atomic mass is 10.1. The number of halogens is 3. The van der Waals surface area contributed by atoms with Crippen molar-refractivity contribution >= 4 is 23.1 Å². The third-order valence-corrected chi connectivity index (χ3v) is 2.32. The van der Waals surface area contributed by atoms with Crippen LogP contribution in [0.15, 0.2) is 11.4 Å². The monoisotopic (exact) mass is 224 g/mol. The van der Waals surface area contributed by atoms with Crippen molar-refractivity contribution in [3.05, 3.63) is 21.9 Å². The predicted molar refractivity (Wildman–Crippen MR) is 41.3 cm³/mol. The molecule has 1 aromatic rings. The number of alkyl halides is 3. The Morgan fingerprint density at radius 3 is 2.36 bits per heavy atom. The highest BCUT2D eigenvalue weighted by molar-refractivity contribution is 7.10. The Bertz CT molecular complexity index is 380. The van der Waals surface area contributed by atoms with Crippen molar-refractivity contribution in [1.29, 1.82) is 0 Å². The Kier molecular flexibility index (Phi) is 2.61. The van der Waals surface area contributed by atoms with Crippen molar-refractivity contribution in [3.63, 3.8) is 0 Å². The Balaban J connectivity index is 3.18. The van der Waals surface area contributed by atoms with Gasteiger partial charge in [-0.2, -0.15) is 13.2 Å². The summed E-state index contributed by atoms with van der Waals surface area (Å²) in [5, 5.41) is 9.26. The average molecular weight is 224 g/mol. The Morgan fingerprint density at radius 2 is 1.93 bits per heavy atom. The number of thiophene rings is 1. The first-order valence-corrected chi connectivity index (χ1v) is 4.14. The molecule has 0 aliphatic carbocycles. The SMILES string of the molecule is O=C(O)C(=O)c1ccsc1C(F)(F)F. The Morgan fingerprint density at radius 1 is 1.36 bits per heavy atom. The van der Waals surface area contributed by atoms with E-state index in [1.165, 1.54) is 0 Å². The molecule has 0 bridgehead atoms. The molecule has 0 fully saturated rings. The average Bonchev–Trinajstić information content (AvgIpc) is 2.48. The first-order chi connectivity index (χ1) is 6.34. The quantitative estimate of drug-likeness (QED) is 0.617. The molecule has 0 saturated carbocycles. The van der Waals surface area contributed by atoms with Gasteiger partial charge in [-0.15, -0.1) is 11.3 Å². The summed E-state index contributed by atoms with van der Waals surface area (Å²) in [5.41, 5.74) is -0.810. The minimum atomic E-state index is -4.69. The molecule has 0 atom stereocenters. The highest BCUT2D eigenvalue weighted by atomic mass is 32.1. The van der Waals surface area contributed by atoms with Gasteiger partial charge in [0.25, 0.3) is 5.78 Å². The first-order valence-electron chi connectivity index (χ1n) is 3.26. The van der Waals surface area contributed by atoms with Crippen LogP contribution < -0.4 is 0 Å². The van der Waals surface area contributed by atoms with Crippen molar-refractivity contribution < 1.29 is 27.9 Å². The van der Waals surface area contributed by atoms with Gasteiger partial charge in [0.05, 0.1) is 5.56 Å². The summed E-state index contributed by atoms with van der Waals surface area (Å²) < 4.78 is 36.5. The van der Waals surface area contributed by atoms with Crippen molar-refractivity contribution in [2.45, 2.75) is 6.18 Å². The van der Waals surface area contributed by atoms with Crippen LogP contribution in [0.2, 0.25) is 0 Å². The highest BCUT2D eigenvalue weighted by Gasteiger charge is 2.37. The summed E-state index contributed by atoms with van der Waals surface area (Å²) in [6.45, 7) is 0. The summed E-state index contributed by atoms with van der Waals surface area (Å²) >= 11 is 0.293. The van der Waals surface area contributed by atoms with E-state index in [0.717, 1.165) is 11.4 Å². The van der Waals surface area contributed by atoms with E-state index in [1.807, 2.05) is 0 Å². The third kappa shape index (κ3) is 1.92. The van der Waals surface area contributed by atoms with Crippen LogP contribution in [0.5, 0.6) is 0 Å². The lowest BCUT2D eigenvalue weighted by Crippen LogP contribution is -2.16. The molecule has 0 radical (unpaired) electrons. The van der Waals surface area contributed by atoms with Gasteiger partial charge in [-0.25, -0.2) is 4.79 Å². The molecule has 0 spiro atoms. The molecule has 1 N–H and O–H groups in total. The minimum Gasteiger partial charge on any atom is -0.475 e. The molecule has 76 valence electrons. The summed E-state index contributed by atoms with van der Waals surface area (Å²) in [5.74, 6) is -3.44. The largest absolute Gasteiger partial charge is 0.475 e. The molecule has 14 heavy (non-hydrogen) atoms. The highest BCUT2D eigenvalue weighted by Crippen LogP contribution is 2.36. The van der Waals surface area contributed by atoms with Gasteiger partial charge in [0.1, 0.15) is 4.88 Å². The Hall–Kier alpha value is -1.37. The van der Waals surface area contributed by atoms with Gasteiger partial charge in [-0.3, -0.25) is 4.79 Å². The summed E-state index contributed by atoms with van der Waals surface area (Å²) in [4.78, 5) is 19.8. The molecule has 1 aromatic heterocycles. The van der Waals surface area contributed by atoms with Crippen LogP contribution in [0.4, 0.5) is 13.2 Å². The fraction of sp³-hybridized carbons (Fsp3) is 0.143. The second kappa shape index (κ2) is 3.41. The maximum Gasteiger partial charge on any atom is 0.426 e. The summed E-state index contributed by atoms with van der Waals surface area (Å²) in [6, 6.07) is 0.851. The number of hydrogen-bond acceptors (Lipinski definition) is 3. The molecule has 7 heteroatoms. The van der Waals surface area contributed by atoms with Crippen LogP contribution in [-0.4, -0.2) is 16.9 Å². The van der Waals surface area contributed by atoms with E-state index < -0.39 is 28.4 Å². The Labute approximate surface area is 79.8 Å². The molecule has 0 aliphatic rings. The number of rotatable bonds is 2. The maximum absolute atomic E-state index is 12.2. The van der Waals surface area contributed by atoms with Gasteiger partial charge in [0.15, 0.2) is 0 Å². The smallest absolute Gasteiger partial charge is 0.426 e. The summed E-state index contributed by atoms with van der Waals surface area (Å²) in [7, 11) is 0. The number of aliphatic carboxylic acids is 1. The van der Waals surface area contributed by atoms with Crippen LogP contribution in [0.3, 0.4) is 0 Å². The number of carboxylic acids is 1. The number of carbonyl (C=O) groups is 2. The van der Waals surface area contributed by atoms with Gasteiger partial charge >= 0.3 is 12.1 Å². The molecular weight excluding hydrogens is 221 g/mol. The van der Waals surface area contributed by atoms with Crippen LogP contribution >= 0.6 is 11.3 Å². The fourth-order valence-corrected chi connectivity index (χ4v) is 1.58. The standard InChI is InChI=1S/C7H3F3O3S/c8-7(9,10)5-3(1-2-14-5)4(11)6(12)13/h1-2H,(H,12,13). The van der Waals surface area contributed by atoms with Crippen LogP contribution in [-0.2, 0) is 11.0 Å². The molecule has 1 rings (SSSR count). The zero-order valence-electron chi connectivity index (χ0n) is 6.46. The second-order valence-corrected chi connectivity index (χ2v) is 3.21. The normalized spacial score (nSPS) is 11.4. The molecule has 0 unspecified atom stereocenters. The lowest BCUT2D eigenvalue weighted by Gasteiger charge is -2.04. The number of hydrogen-bond donors (Lipinski definition) is 1. The van der Waals surface area contributed by atoms with Crippen LogP contribution in [0, 0.1) is 0 Å². The lowest BCUT2D eigenvalue weighted by molar-refractivity contribution is -0.135. The molecular formula is C7H3F3O3S. The molecule has 0 aromatic carbocycles. The van der Waals surface area contributed by atoms with Crippen molar-refractivity contribution in [2.24, 2.45) is 0 Å². The predicted octanol–water partition coefficient (Wildman–Crippen LogP) is 2.03. The van der Waals surface area contributed by atoms with E-state index in [0.29, 0.717) is 11.3 Å². The van der Waals surface area contributed by atoms with Gasteiger partial charge in [-0.05, 0) is 11.4 Å². The minimum absolute atomic E-state index is 0.293. The first kappa shape index (κ1) is 10.7. The fourth-order valence-electron chi connectivity index (χ4n) is 0.823. The maximum atomic E-state index is 12.2. The molecule has 0 amide bonds. The third-order valence-electron chi connectivity index (χ3n) is 1.36. The number of carboxylic acid groups (broad SMARTS) is 1. The van der Waals surface area contributed by atoms with Gasteiger partial charge in [0, 0.05) is 0 Å². The summed E-state index contributed by atoms with van der Waals surface area (Å²) in [6.07, 6.45) is -4.69. The van der Waals surface area contributed by atoms with Crippen molar-refractivity contribution in [2.75, 3.05) is 0 Å². The molecule has 3 nitrogen and oxygen atoms in total. The second-order valence-electron chi connectivity index (χ2n) is 2.30. The molecule has 0 aliphatic heterocycles. The molecule has 0 saturated heterocycles. The van der Waals surface area contributed by atoms with Crippen LogP contribution in [0.25, 0.3) is 0 Å². The van der Waals surface area contributed by atoms with Gasteiger partial charge in [-0.1, -0.05) is 0 Å². The van der Waals surface area contributed by atoms with Crippen molar-refractivity contribution in [1.82, 2.24) is 0 Å². The number of Topliss-reactive ketones (excluding diaryl/α,β-unsaturated/α-hetero) is 1. The van der Waals surface area contributed by atoms with E-state index in [2.05, 4.69) is 0 Å². The van der Waals surface area contributed by atoms with E-state index in [4.69, 9.17) is 5.11 Å². The van der Waals surface area contributed by atoms with Crippen LogP contribution in [0.1, 0.15) is 15.2 Å². The topological polar surface area (TPSA) is 54.4 Å². The molecule has 1 heterocycles. The van der Waals surface area contributed by atoms with Gasteiger partial charge < -0.3 is 5.11 Å². The zero-order chi connectivity index (χ0) is 10.9. The zero-order valence-corrected chi connectivity index (χ0v) is 7.28. The van der Waals surface area contributed by atoms with Crippen molar-refractivity contribution in [3.8, 4) is 0 Å². The van der Waals surface area contributed by atoms with Gasteiger partial charge in [0.2, 0.25) is 0 Å². The number of carbonyl (C=O) groups excluding carboxylic acids is 1. The van der Waals surface area contributed by atoms with E-state index in [1.54, 1.807) is 0 Å².